The summed E-state index contributed by atoms with van der Waals surface area (Å²) in [5, 5.41) is 3.39. The lowest BCUT2D eigenvalue weighted by atomic mass is 10.1. The van der Waals surface area contributed by atoms with E-state index in [-0.39, 0.29) is 11.7 Å². The van der Waals surface area contributed by atoms with Crippen LogP contribution in [-0.2, 0) is 9.47 Å². The zero-order valence-electron chi connectivity index (χ0n) is 11.6. The summed E-state index contributed by atoms with van der Waals surface area (Å²) in [6.07, 6.45) is 3.70. The minimum Gasteiger partial charge on any atom is -0.379 e. The Hall–Kier alpha value is -0.120. The van der Waals surface area contributed by atoms with E-state index in [0.717, 1.165) is 26.1 Å². The van der Waals surface area contributed by atoms with Gasteiger partial charge in [0.1, 0.15) is 0 Å². The third-order valence-corrected chi connectivity index (χ3v) is 2.80. The van der Waals surface area contributed by atoms with E-state index in [1.165, 1.54) is 12.8 Å². The Morgan fingerprint density at radius 1 is 1.31 bits per heavy atom. The van der Waals surface area contributed by atoms with Gasteiger partial charge in [0.2, 0.25) is 0 Å². The average Bonchev–Trinajstić information content (AvgIpc) is 2.24. The molecule has 0 rings (SSSR count). The molecule has 16 heavy (non-hydrogen) atoms. The predicted octanol–water partition coefficient (Wildman–Crippen LogP) is 2.60. The van der Waals surface area contributed by atoms with Crippen LogP contribution in [-0.4, -0.2) is 38.5 Å². The first kappa shape index (κ1) is 15.9. The Balaban J connectivity index is 3.40. The molecule has 1 unspecified atom stereocenters. The molecule has 0 radical (unpaired) electrons. The van der Waals surface area contributed by atoms with E-state index in [0.29, 0.717) is 0 Å². The molecule has 98 valence electrons. The Morgan fingerprint density at radius 2 is 2.00 bits per heavy atom. The summed E-state index contributed by atoms with van der Waals surface area (Å²) < 4.78 is 11.1. The van der Waals surface area contributed by atoms with Gasteiger partial charge in [0.25, 0.3) is 0 Å². The maximum absolute atomic E-state index is 5.72. The normalized spacial score (nSPS) is 14.1. The van der Waals surface area contributed by atoms with Crippen LogP contribution < -0.4 is 5.32 Å². The summed E-state index contributed by atoms with van der Waals surface area (Å²) in [7, 11) is 1.75. The molecule has 0 aliphatic carbocycles. The number of hydrogen-bond acceptors (Lipinski definition) is 3. The van der Waals surface area contributed by atoms with E-state index in [2.05, 4.69) is 33.0 Å². The lowest BCUT2D eigenvalue weighted by molar-refractivity contribution is -0.0229. The molecule has 0 spiro atoms. The van der Waals surface area contributed by atoms with Crippen LogP contribution in [0.15, 0.2) is 0 Å². The average molecular weight is 231 g/mol. The molecule has 3 heteroatoms. The maximum atomic E-state index is 5.72. The van der Waals surface area contributed by atoms with Gasteiger partial charge in [0.05, 0.1) is 11.7 Å². The Bertz CT molecular complexity index is 160. The molecule has 0 bridgehead atoms. The molecule has 1 N–H and O–H groups in total. The van der Waals surface area contributed by atoms with E-state index >= 15 is 0 Å². The van der Waals surface area contributed by atoms with Gasteiger partial charge in [0, 0.05) is 20.3 Å². The molecule has 0 aromatic rings. The first-order valence-electron chi connectivity index (χ1n) is 6.39. The Kier molecular flexibility index (Phi) is 8.90. The topological polar surface area (TPSA) is 30.5 Å². The quantitative estimate of drug-likeness (QED) is 0.586. The van der Waals surface area contributed by atoms with Crippen molar-refractivity contribution in [2.24, 2.45) is 0 Å². The van der Waals surface area contributed by atoms with Gasteiger partial charge >= 0.3 is 0 Å². The lowest BCUT2D eigenvalue weighted by Crippen LogP contribution is -2.30. The van der Waals surface area contributed by atoms with Crippen LogP contribution in [0.4, 0.5) is 0 Å². The number of unbranched alkanes of at least 4 members (excludes halogenated alkanes) is 1. The minimum absolute atomic E-state index is 0.0740. The van der Waals surface area contributed by atoms with Crippen molar-refractivity contribution in [2.45, 2.75) is 58.7 Å². The number of rotatable bonds is 10. The largest absolute Gasteiger partial charge is 0.379 e. The van der Waals surface area contributed by atoms with Crippen LogP contribution in [0.1, 0.15) is 47.0 Å². The third-order valence-electron chi connectivity index (χ3n) is 2.80. The second-order valence-corrected chi connectivity index (χ2v) is 4.95. The molecule has 1 atom stereocenters. The fourth-order valence-corrected chi connectivity index (χ4v) is 1.27. The van der Waals surface area contributed by atoms with E-state index in [4.69, 9.17) is 9.47 Å². The fraction of sp³-hybridized carbons (Fsp3) is 1.00. The zero-order valence-corrected chi connectivity index (χ0v) is 11.6. The standard InChI is InChI=1S/C13H29NO2/c1-6-7-9-14-11-12(2)16-10-8-13(3,4)15-5/h12,14H,6-11H2,1-5H3. The second kappa shape index (κ2) is 8.97. The van der Waals surface area contributed by atoms with Crippen molar-refractivity contribution in [3.8, 4) is 0 Å². The van der Waals surface area contributed by atoms with Crippen molar-refractivity contribution in [1.82, 2.24) is 5.32 Å². The highest BCUT2D eigenvalue weighted by Gasteiger charge is 2.16. The Morgan fingerprint density at radius 3 is 2.56 bits per heavy atom. The van der Waals surface area contributed by atoms with E-state index in [1.54, 1.807) is 7.11 Å². The number of ether oxygens (including phenoxy) is 2. The van der Waals surface area contributed by atoms with Crippen LogP contribution in [0.25, 0.3) is 0 Å². The van der Waals surface area contributed by atoms with Crippen molar-refractivity contribution >= 4 is 0 Å². The molecule has 0 aromatic carbocycles. The SMILES string of the molecule is CCCCNCC(C)OCCC(C)(C)OC. The minimum atomic E-state index is -0.0740. The first-order chi connectivity index (χ1) is 7.52. The highest BCUT2D eigenvalue weighted by Crippen LogP contribution is 2.12. The van der Waals surface area contributed by atoms with Crippen LogP contribution in [0.3, 0.4) is 0 Å². The van der Waals surface area contributed by atoms with E-state index in [1.807, 2.05) is 0 Å². The highest BCUT2D eigenvalue weighted by atomic mass is 16.5. The van der Waals surface area contributed by atoms with Gasteiger partial charge in [-0.25, -0.2) is 0 Å². The molecule has 0 fully saturated rings. The summed E-state index contributed by atoms with van der Waals surface area (Å²) in [6, 6.07) is 0. The molecule has 3 nitrogen and oxygen atoms in total. The van der Waals surface area contributed by atoms with Crippen molar-refractivity contribution in [1.29, 1.82) is 0 Å². The van der Waals surface area contributed by atoms with Crippen molar-refractivity contribution < 1.29 is 9.47 Å². The number of hydrogen-bond donors (Lipinski definition) is 1. The third kappa shape index (κ3) is 9.13. The summed E-state index contributed by atoms with van der Waals surface area (Å²) in [4.78, 5) is 0. The van der Waals surface area contributed by atoms with E-state index < -0.39 is 0 Å². The first-order valence-corrected chi connectivity index (χ1v) is 6.39. The van der Waals surface area contributed by atoms with Crippen LogP contribution >= 0.6 is 0 Å². The molecule has 0 heterocycles. The summed E-state index contributed by atoms with van der Waals surface area (Å²) in [5.41, 5.74) is -0.0740. The van der Waals surface area contributed by atoms with Gasteiger partial charge in [-0.2, -0.15) is 0 Å². The van der Waals surface area contributed by atoms with Gasteiger partial charge in [0.15, 0.2) is 0 Å². The number of nitrogens with one attached hydrogen (secondary N) is 1. The highest BCUT2D eigenvalue weighted by molar-refractivity contribution is 4.67. The zero-order chi connectivity index (χ0) is 12.4. The lowest BCUT2D eigenvalue weighted by Gasteiger charge is -2.23. The van der Waals surface area contributed by atoms with Gasteiger partial charge < -0.3 is 14.8 Å². The molecular formula is C13H29NO2. The van der Waals surface area contributed by atoms with Crippen LogP contribution in [0.5, 0.6) is 0 Å². The van der Waals surface area contributed by atoms with E-state index in [9.17, 15) is 0 Å². The van der Waals surface area contributed by atoms with Gasteiger partial charge in [-0.15, -0.1) is 0 Å². The monoisotopic (exact) mass is 231 g/mol. The van der Waals surface area contributed by atoms with Gasteiger partial charge in [-0.05, 0) is 40.2 Å². The molecule has 0 aliphatic rings. The van der Waals surface area contributed by atoms with Crippen molar-refractivity contribution in [3.05, 3.63) is 0 Å². The summed E-state index contributed by atoms with van der Waals surface area (Å²) in [5.74, 6) is 0. The molecule has 0 aromatic heterocycles. The maximum Gasteiger partial charge on any atom is 0.0671 e. The summed E-state index contributed by atoms with van der Waals surface area (Å²) in [6.45, 7) is 11.3. The molecule has 0 saturated carbocycles. The second-order valence-electron chi connectivity index (χ2n) is 4.95. The smallest absolute Gasteiger partial charge is 0.0671 e. The number of methoxy groups -OCH3 is 1. The fourth-order valence-electron chi connectivity index (χ4n) is 1.27. The molecule has 0 saturated heterocycles. The van der Waals surface area contributed by atoms with Crippen molar-refractivity contribution in [3.63, 3.8) is 0 Å². The van der Waals surface area contributed by atoms with Gasteiger partial charge in [-0.3, -0.25) is 0 Å². The van der Waals surface area contributed by atoms with Crippen LogP contribution in [0, 0.1) is 0 Å². The Labute approximate surface area is 101 Å². The van der Waals surface area contributed by atoms with Gasteiger partial charge in [-0.1, -0.05) is 13.3 Å². The predicted molar refractivity (Wildman–Crippen MR) is 68.9 cm³/mol. The molecule has 0 amide bonds. The van der Waals surface area contributed by atoms with Crippen molar-refractivity contribution in [2.75, 3.05) is 26.8 Å². The molecular weight excluding hydrogens is 202 g/mol. The van der Waals surface area contributed by atoms with Crippen LogP contribution in [0.2, 0.25) is 0 Å². The summed E-state index contributed by atoms with van der Waals surface area (Å²) >= 11 is 0. The molecule has 0 aliphatic heterocycles.